The molecule has 2 aliphatic heterocycles. The number of rotatable bonds is 1. The maximum Gasteiger partial charge on any atom is 0.229 e. The summed E-state index contributed by atoms with van der Waals surface area (Å²) in [5.41, 5.74) is 6.86. The van der Waals surface area contributed by atoms with Crippen LogP contribution in [0.2, 0.25) is 0 Å². The summed E-state index contributed by atoms with van der Waals surface area (Å²) in [6, 6.07) is 0. The van der Waals surface area contributed by atoms with Gasteiger partial charge in [0, 0.05) is 11.0 Å². The van der Waals surface area contributed by atoms with Crippen LogP contribution >= 0.6 is 0 Å². The predicted octanol–water partition coefficient (Wildman–Crippen LogP) is -1.02. The molecule has 112 valence electrons. The molecule has 4 aliphatic rings. The van der Waals surface area contributed by atoms with Crippen LogP contribution in [0, 0.1) is 10.4 Å². The van der Waals surface area contributed by atoms with Gasteiger partial charge in [-0.3, -0.25) is 4.94 Å². The average Bonchev–Trinajstić information content (AvgIpc) is 3.01. The lowest BCUT2D eigenvalue weighted by molar-refractivity contribution is -1.26. The molecule has 0 aromatic rings. The van der Waals surface area contributed by atoms with Crippen LogP contribution in [0.25, 0.3) is 0 Å². The molecule has 3 N–H and O–H groups in total. The SMILES string of the molecule is [O-][NH+]1O[NH+]([O-])C2=C1C=C/C(=C/C1=CC=C3NON=C3C=C1)C2. The lowest BCUT2D eigenvalue weighted by Crippen LogP contribution is -3.17. The summed E-state index contributed by atoms with van der Waals surface area (Å²) in [7, 11) is 0. The highest BCUT2D eigenvalue weighted by atomic mass is 17.1. The highest BCUT2D eigenvalue weighted by Crippen LogP contribution is 2.21. The Balaban J connectivity index is 1.58. The van der Waals surface area contributed by atoms with E-state index in [0.29, 0.717) is 17.8 Å². The summed E-state index contributed by atoms with van der Waals surface area (Å²) in [6.07, 6.45) is 13.3. The second kappa shape index (κ2) is 5.05. The zero-order valence-corrected chi connectivity index (χ0v) is 11.3. The maximum atomic E-state index is 11.6. The van der Waals surface area contributed by atoms with Crippen molar-refractivity contribution in [2.45, 2.75) is 6.42 Å². The van der Waals surface area contributed by atoms with Crippen LogP contribution < -0.4 is 15.9 Å². The van der Waals surface area contributed by atoms with Crippen LogP contribution in [0.15, 0.2) is 75.9 Å². The third-order valence-electron chi connectivity index (χ3n) is 3.63. The van der Waals surface area contributed by atoms with Crippen LogP contribution in [0.4, 0.5) is 0 Å². The minimum Gasteiger partial charge on any atom is -0.590 e. The van der Waals surface area contributed by atoms with Gasteiger partial charge in [0.15, 0.2) is 0 Å². The number of fused-ring (bicyclic) bond motifs is 1. The molecule has 8 nitrogen and oxygen atoms in total. The van der Waals surface area contributed by atoms with Gasteiger partial charge in [-0.05, 0) is 23.3 Å². The topological polar surface area (TPSA) is 97.9 Å². The minimum absolute atomic E-state index is 0.361. The van der Waals surface area contributed by atoms with Gasteiger partial charge in [-0.1, -0.05) is 29.5 Å². The molecule has 4 rings (SSSR count). The first-order valence-corrected chi connectivity index (χ1v) is 6.69. The molecule has 0 saturated heterocycles. The summed E-state index contributed by atoms with van der Waals surface area (Å²) in [5, 5.41) is 25.8. The minimum atomic E-state index is -0.564. The molecule has 0 saturated carbocycles. The molecule has 0 bridgehead atoms. The van der Waals surface area contributed by atoms with Gasteiger partial charge >= 0.3 is 0 Å². The Morgan fingerprint density at radius 3 is 2.95 bits per heavy atom. The van der Waals surface area contributed by atoms with Crippen molar-refractivity contribution in [1.29, 1.82) is 0 Å². The number of nitrogens with one attached hydrogen (secondary N) is 3. The predicted molar refractivity (Wildman–Crippen MR) is 75.6 cm³/mol. The summed E-state index contributed by atoms with van der Waals surface area (Å²) < 4.78 is 0. The highest BCUT2D eigenvalue weighted by molar-refractivity contribution is 6.09. The number of allylic oxidation sites excluding steroid dienone is 9. The number of quaternary nitrogens is 2. The fourth-order valence-electron chi connectivity index (χ4n) is 2.51. The van der Waals surface area contributed by atoms with E-state index in [0.717, 1.165) is 22.6 Å². The molecule has 0 fully saturated rings. The zero-order chi connectivity index (χ0) is 15.1. The molecular weight excluding hydrogens is 288 g/mol. The van der Waals surface area contributed by atoms with Gasteiger partial charge in [0.25, 0.3) is 0 Å². The molecule has 22 heavy (non-hydrogen) atoms. The second-order valence-corrected chi connectivity index (χ2v) is 5.05. The number of oxime groups is 1. The Hall–Kier alpha value is -2.49. The lowest BCUT2D eigenvalue weighted by atomic mass is 10.0. The second-order valence-electron chi connectivity index (χ2n) is 5.05. The van der Waals surface area contributed by atoms with Crippen molar-refractivity contribution >= 4 is 5.71 Å². The third-order valence-corrected chi connectivity index (χ3v) is 3.63. The van der Waals surface area contributed by atoms with Crippen LogP contribution in [0.1, 0.15) is 6.42 Å². The van der Waals surface area contributed by atoms with Gasteiger partial charge < -0.3 is 10.4 Å². The molecule has 0 amide bonds. The van der Waals surface area contributed by atoms with Crippen LogP contribution in [0.3, 0.4) is 0 Å². The number of hydroxylamine groups is 5. The zero-order valence-electron chi connectivity index (χ0n) is 11.3. The molecular formula is C14H12N4O4. The van der Waals surface area contributed by atoms with E-state index in [1.54, 1.807) is 6.08 Å². The van der Waals surface area contributed by atoms with Gasteiger partial charge in [-0.15, -0.1) is 10.5 Å². The van der Waals surface area contributed by atoms with E-state index in [4.69, 9.17) is 4.94 Å². The fourth-order valence-corrected chi connectivity index (χ4v) is 2.51. The van der Waals surface area contributed by atoms with Gasteiger partial charge in [0.05, 0.1) is 6.42 Å². The number of hydrogen-bond acceptors (Lipinski definition) is 6. The molecule has 8 heteroatoms. The molecule has 0 aromatic heterocycles. The Labute approximate surface area is 125 Å². The van der Waals surface area contributed by atoms with Crippen molar-refractivity contribution in [1.82, 2.24) is 5.48 Å². The van der Waals surface area contributed by atoms with Crippen LogP contribution in [-0.2, 0) is 9.88 Å². The normalized spacial score (nSPS) is 31.0. The Kier molecular flexibility index (Phi) is 3.03. The largest absolute Gasteiger partial charge is 0.590 e. The van der Waals surface area contributed by atoms with E-state index in [1.807, 2.05) is 36.5 Å². The molecule has 2 aliphatic carbocycles. The Morgan fingerprint density at radius 1 is 1.14 bits per heavy atom. The van der Waals surface area contributed by atoms with E-state index < -0.39 is 10.5 Å². The van der Waals surface area contributed by atoms with Crippen molar-refractivity contribution in [3.05, 3.63) is 81.2 Å². The van der Waals surface area contributed by atoms with Crippen LogP contribution in [-0.4, -0.2) is 5.71 Å². The van der Waals surface area contributed by atoms with Gasteiger partial charge in [0.2, 0.25) is 11.4 Å². The Bertz CT molecular complexity index is 742. The summed E-state index contributed by atoms with van der Waals surface area (Å²) in [6.45, 7) is 0. The monoisotopic (exact) mass is 300 g/mol. The molecule has 0 aromatic carbocycles. The fraction of sp³-hybridized carbons (Fsp3) is 0.0714. The van der Waals surface area contributed by atoms with E-state index in [-0.39, 0.29) is 0 Å². The summed E-state index contributed by atoms with van der Waals surface area (Å²) >= 11 is 0. The first kappa shape index (κ1) is 13.2. The molecule has 0 radical (unpaired) electrons. The summed E-state index contributed by atoms with van der Waals surface area (Å²) in [4.78, 5) is 9.39. The Morgan fingerprint density at radius 2 is 2.05 bits per heavy atom. The van der Waals surface area contributed by atoms with Crippen molar-refractivity contribution in [3.8, 4) is 0 Å². The van der Waals surface area contributed by atoms with Crippen molar-refractivity contribution < 1.29 is 20.3 Å². The van der Waals surface area contributed by atoms with E-state index >= 15 is 0 Å². The highest BCUT2D eigenvalue weighted by Gasteiger charge is 2.34. The van der Waals surface area contributed by atoms with Crippen molar-refractivity contribution in [2.24, 2.45) is 5.16 Å². The molecule has 0 spiro atoms. The van der Waals surface area contributed by atoms with Crippen molar-refractivity contribution in [3.63, 3.8) is 0 Å². The van der Waals surface area contributed by atoms with E-state index in [1.165, 1.54) is 0 Å². The van der Waals surface area contributed by atoms with E-state index in [9.17, 15) is 10.4 Å². The smallest absolute Gasteiger partial charge is 0.229 e. The van der Waals surface area contributed by atoms with Gasteiger partial charge in [-0.25, -0.2) is 0 Å². The summed E-state index contributed by atoms with van der Waals surface area (Å²) in [5.74, 6) is 0. The number of nitrogens with zero attached hydrogens (tertiary/aromatic N) is 1. The first-order chi connectivity index (χ1) is 10.7. The molecule has 2 atom stereocenters. The van der Waals surface area contributed by atoms with Crippen molar-refractivity contribution in [2.75, 3.05) is 0 Å². The quantitative estimate of drug-likeness (QED) is 0.539. The molecule has 2 heterocycles. The maximum absolute atomic E-state index is 11.6. The standard InChI is InChI=1S/C14H12N4O4/c19-17-13-6-3-10(8-14(13)18(20)22-17)7-9-1-4-11-12(5-2-9)16-21-15-11/h1-7,15,17-18H,8H2/b10-7-. The van der Waals surface area contributed by atoms with Gasteiger partial charge in [0.1, 0.15) is 11.4 Å². The average molecular weight is 300 g/mol. The molecule has 2 unspecified atom stereocenters. The lowest BCUT2D eigenvalue weighted by Gasteiger charge is -2.13. The van der Waals surface area contributed by atoms with Gasteiger partial charge in [-0.2, -0.15) is 5.48 Å². The first-order valence-electron chi connectivity index (χ1n) is 6.69. The van der Waals surface area contributed by atoms with E-state index in [2.05, 4.69) is 15.6 Å². The van der Waals surface area contributed by atoms with Crippen LogP contribution in [0.5, 0.6) is 0 Å². The third kappa shape index (κ3) is 2.21. The number of hydrogen-bond donors (Lipinski definition) is 3.